The molecule has 2 aromatic carbocycles. The number of ether oxygens (including phenoxy) is 1. The van der Waals surface area contributed by atoms with Gasteiger partial charge < -0.3 is 20.0 Å². The van der Waals surface area contributed by atoms with Crippen molar-refractivity contribution in [3.63, 3.8) is 0 Å². The van der Waals surface area contributed by atoms with Gasteiger partial charge in [-0.25, -0.2) is 0 Å². The van der Waals surface area contributed by atoms with Crippen molar-refractivity contribution in [2.45, 2.75) is 12.8 Å². The number of hydrogen-bond donors (Lipinski definition) is 1. The molecule has 1 amide bonds. The Morgan fingerprint density at radius 1 is 1.12 bits per heavy atom. The van der Waals surface area contributed by atoms with Crippen molar-refractivity contribution in [1.29, 1.82) is 0 Å². The summed E-state index contributed by atoms with van der Waals surface area (Å²) in [6, 6.07) is 13.7. The number of rotatable bonds is 7. The number of carboxylic acids is 1. The van der Waals surface area contributed by atoms with Gasteiger partial charge in [-0.05, 0) is 54.8 Å². The Morgan fingerprint density at radius 3 is 2.29 bits per heavy atom. The predicted octanol–water partition coefficient (Wildman–Crippen LogP) is 2.29. The molecule has 1 atom stereocenters. The van der Waals surface area contributed by atoms with Crippen LogP contribution in [0.4, 0.5) is 5.69 Å². The second-order valence-corrected chi connectivity index (χ2v) is 5.76. The predicted molar refractivity (Wildman–Crippen MR) is 89.9 cm³/mol. The maximum atomic E-state index is 12.4. The molecule has 5 nitrogen and oxygen atoms in total. The van der Waals surface area contributed by atoms with E-state index in [1.54, 1.807) is 55.6 Å². The highest BCUT2D eigenvalue weighted by molar-refractivity contribution is 6.30. The van der Waals surface area contributed by atoms with Gasteiger partial charge in [0.05, 0.1) is 7.11 Å². The van der Waals surface area contributed by atoms with Crippen molar-refractivity contribution in [1.82, 2.24) is 0 Å². The van der Waals surface area contributed by atoms with Crippen LogP contribution in [-0.4, -0.2) is 19.0 Å². The Kier molecular flexibility index (Phi) is 6.21. The third kappa shape index (κ3) is 5.28. The zero-order valence-electron chi connectivity index (χ0n) is 13.1. The van der Waals surface area contributed by atoms with Gasteiger partial charge in [0.2, 0.25) is 5.91 Å². The number of methoxy groups -OCH3 is 1. The van der Waals surface area contributed by atoms with Gasteiger partial charge in [0.25, 0.3) is 0 Å². The molecule has 0 bridgehead atoms. The zero-order chi connectivity index (χ0) is 17.5. The number of carbonyl (C=O) groups excluding carboxylic acids is 2. The number of halogens is 1. The molecule has 0 radical (unpaired) electrons. The summed E-state index contributed by atoms with van der Waals surface area (Å²) >= 11 is 5.83. The van der Waals surface area contributed by atoms with Gasteiger partial charge >= 0.3 is 0 Å². The standard InChI is InChI=1S/C18H18ClNO4/c1-24-16-8-6-15(7-9-16)20-18(23)13(11-17(21)22)10-12-2-4-14(19)5-3-12/h2-9,13H,10-11H2,1H3,(H,20,23)(H,21,22)/p-1/t13-/m1/s1. The van der Waals surface area contributed by atoms with Crippen LogP contribution in [0.2, 0.25) is 5.02 Å². The molecule has 24 heavy (non-hydrogen) atoms. The van der Waals surface area contributed by atoms with Crippen LogP contribution in [-0.2, 0) is 16.0 Å². The van der Waals surface area contributed by atoms with E-state index in [9.17, 15) is 14.7 Å². The first-order valence-corrected chi connectivity index (χ1v) is 7.75. The average molecular weight is 347 g/mol. The molecule has 6 heteroatoms. The Labute approximate surface area is 145 Å². The lowest BCUT2D eigenvalue weighted by Gasteiger charge is -2.17. The highest BCUT2D eigenvalue weighted by Gasteiger charge is 2.19. The molecule has 2 aromatic rings. The minimum absolute atomic E-state index is 0.285. The van der Waals surface area contributed by atoms with Crippen LogP contribution < -0.4 is 15.2 Å². The first-order chi connectivity index (χ1) is 11.5. The molecule has 126 valence electrons. The smallest absolute Gasteiger partial charge is 0.228 e. The van der Waals surface area contributed by atoms with Crippen LogP contribution in [0.1, 0.15) is 12.0 Å². The van der Waals surface area contributed by atoms with Crippen molar-refractivity contribution in [3.8, 4) is 5.75 Å². The van der Waals surface area contributed by atoms with E-state index in [0.717, 1.165) is 5.56 Å². The Hall–Kier alpha value is -2.53. The summed E-state index contributed by atoms with van der Waals surface area (Å²) < 4.78 is 5.05. The number of benzene rings is 2. The van der Waals surface area contributed by atoms with E-state index in [1.165, 1.54) is 0 Å². The van der Waals surface area contributed by atoms with Gasteiger partial charge in [0.1, 0.15) is 5.75 Å². The molecule has 0 heterocycles. The molecule has 0 aromatic heterocycles. The van der Waals surface area contributed by atoms with E-state index in [2.05, 4.69) is 5.32 Å². The average Bonchev–Trinajstić information content (AvgIpc) is 2.56. The van der Waals surface area contributed by atoms with E-state index in [-0.39, 0.29) is 18.7 Å². The number of aliphatic carboxylic acids is 1. The molecule has 0 spiro atoms. The monoisotopic (exact) mass is 346 g/mol. The normalized spacial score (nSPS) is 11.6. The minimum atomic E-state index is -1.26. The number of amides is 1. The lowest BCUT2D eigenvalue weighted by atomic mass is 9.95. The maximum Gasteiger partial charge on any atom is 0.228 e. The number of nitrogens with one attached hydrogen (secondary N) is 1. The highest BCUT2D eigenvalue weighted by Crippen LogP contribution is 2.19. The first-order valence-electron chi connectivity index (χ1n) is 7.37. The first kappa shape index (κ1) is 17.8. The number of carbonyl (C=O) groups is 2. The number of hydrogen-bond acceptors (Lipinski definition) is 4. The largest absolute Gasteiger partial charge is 0.550 e. The van der Waals surface area contributed by atoms with Crippen LogP contribution >= 0.6 is 11.6 Å². The van der Waals surface area contributed by atoms with E-state index < -0.39 is 11.9 Å². The van der Waals surface area contributed by atoms with Crippen LogP contribution in [0.5, 0.6) is 5.75 Å². The lowest BCUT2D eigenvalue weighted by molar-refractivity contribution is -0.306. The molecule has 2 rings (SSSR count). The Bertz CT molecular complexity index is 698. The summed E-state index contributed by atoms with van der Waals surface area (Å²) in [7, 11) is 1.55. The van der Waals surface area contributed by atoms with Gasteiger partial charge in [-0.2, -0.15) is 0 Å². The van der Waals surface area contributed by atoms with Crippen molar-refractivity contribution < 1.29 is 19.4 Å². The molecule has 0 aliphatic carbocycles. The highest BCUT2D eigenvalue weighted by atomic mass is 35.5. The zero-order valence-corrected chi connectivity index (χ0v) is 13.9. The van der Waals surface area contributed by atoms with E-state index >= 15 is 0 Å². The fourth-order valence-corrected chi connectivity index (χ4v) is 2.41. The fraction of sp³-hybridized carbons (Fsp3) is 0.222. The van der Waals surface area contributed by atoms with Gasteiger partial charge in [-0.1, -0.05) is 23.7 Å². The molecule has 1 N–H and O–H groups in total. The van der Waals surface area contributed by atoms with Crippen LogP contribution in [0.15, 0.2) is 48.5 Å². The van der Waals surface area contributed by atoms with Gasteiger partial charge in [0, 0.05) is 22.6 Å². The quantitative estimate of drug-likeness (QED) is 0.834. The van der Waals surface area contributed by atoms with Crippen LogP contribution in [0.3, 0.4) is 0 Å². The fourth-order valence-electron chi connectivity index (χ4n) is 2.28. The second kappa shape index (κ2) is 8.36. The van der Waals surface area contributed by atoms with Crippen molar-refractivity contribution in [3.05, 3.63) is 59.1 Å². The van der Waals surface area contributed by atoms with E-state index in [1.807, 2.05) is 0 Å². The maximum absolute atomic E-state index is 12.4. The molecule has 0 saturated heterocycles. The lowest BCUT2D eigenvalue weighted by Crippen LogP contribution is -2.32. The summed E-state index contributed by atoms with van der Waals surface area (Å²) in [4.78, 5) is 23.4. The van der Waals surface area contributed by atoms with Gasteiger partial charge in [0.15, 0.2) is 0 Å². The van der Waals surface area contributed by atoms with Gasteiger partial charge in [-0.15, -0.1) is 0 Å². The van der Waals surface area contributed by atoms with Crippen molar-refractivity contribution in [2.24, 2.45) is 5.92 Å². The second-order valence-electron chi connectivity index (χ2n) is 5.32. The summed E-state index contributed by atoms with van der Waals surface area (Å²) in [6.45, 7) is 0. The molecular weight excluding hydrogens is 330 g/mol. The summed E-state index contributed by atoms with van der Waals surface area (Å²) in [5, 5.41) is 14.3. The summed E-state index contributed by atoms with van der Waals surface area (Å²) in [6.07, 6.45) is -0.0717. The SMILES string of the molecule is COc1ccc(NC(=O)[C@@H](CC(=O)[O-])Cc2ccc(Cl)cc2)cc1. The molecular formula is C18H17ClNO4-. The number of anilines is 1. The minimum Gasteiger partial charge on any atom is -0.550 e. The van der Waals surface area contributed by atoms with Crippen LogP contribution in [0, 0.1) is 5.92 Å². The third-order valence-corrected chi connectivity index (χ3v) is 3.79. The van der Waals surface area contributed by atoms with Crippen LogP contribution in [0.25, 0.3) is 0 Å². The molecule has 0 saturated carbocycles. The molecule has 0 aliphatic heterocycles. The van der Waals surface area contributed by atoms with E-state index in [0.29, 0.717) is 16.5 Å². The molecule has 0 unspecified atom stereocenters. The molecule has 0 aliphatic rings. The Morgan fingerprint density at radius 2 is 1.75 bits per heavy atom. The van der Waals surface area contributed by atoms with Crippen molar-refractivity contribution >= 4 is 29.2 Å². The number of carboxylic acid groups (broad SMARTS) is 1. The molecule has 0 fully saturated rings. The third-order valence-electron chi connectivity index (χ3n) is 3.54. The van der Waals surface area contributed by atoms with Crippen molar-refractivity contribution in [2.75, 3.05) is 12.4 Å². The van der Waals surface area contributed by atoms with E-state index in [4.69, 9.17) is 16.3 Å². The topological polar surface area (TPSA) is 78.5 Å². The summed E-state index contributed by atoms with van der Waals surface area (Å²) in [5.41, 5.74) is 1.40. The van der Waals surface area contributed by atoms with Gasteiger partial charge in [-0.3, -0.25) is 4.79 Å². The summed E-state index contributed by atoms with van der Waals surface area (Å²) in [5.74, 6) is -1.71. The Balaban J connectivity index is 2.08.